The Morgan fingerprint density at radius 3 is 3.00 bits per heavy atom. The van der Waals surface area contributed by atoms with Gasteiger partial charge in [-0.2, -0.15) is 5.10 Å². The predicted octanol–water partition coefficient (Wildman–Crippen LogP) is 1.68. The van der Waals surface area contributed by atoms with Crippen molar-refractivity contribution in [2.45, 2.75) is 6.42 Å². The quantitative estimate of drug-likeness (QED) is 0.890. The molecule has 0 fully saturated rings. The summed E-state index contributed by atoms with van der Waals surface area (Å²) in [6, 6.07) is 3.96. The van der Waals surface area contributed by atoms with E-state index in [4.69, 9.17) is 5.73 Å². The summed E-state index contributed by atoms with van der Waals surface area (Å²) in [5.74, 6) is 0. The van der Waals surface area contributed by atoms with E-state index in [-0.39, 0.29) is 0 Å². The zero-order valence-electron chi connectivity index (χ0n) is 8.50. The van der Waals surface area contributed by atoms with E-state index in [2.05, 4.69) is 26.0 Å². The summed E-state index contributed by atoms with van der Waals surface area (Å²) in [6.07, 6.45) is 2.71. The van der Waals surface area contributed by atoms with E-state index in [1.807, 2.05) is 30.1 Å². The van der Waals surface area contributed by atoms with Gasteiger partial charge in [0, 0.05) is 19.7 Å². The van der Waals surface area contributed by atoms with Crippen LogP contribution in [0.25, 0.3) is 11.4 Å². The average molecular weight is 269 g/mol. The predicted molar refractivity (Wildman–Crippen MR) is 63.5 cm³/mol. The Morgan fingerprint density at radius 1 is 1.60 bits per heavy atom. The highest BCUT2D eigenvalue weighted by molar-refractivity contribution is 9.10. The van der Waals surface area contributed by atoms with Gasteiger partial charge in [0.2, 0.25) is 0 Å². The average Bonchev–Trinajstić information content (AvgIpc) is 2.81. The fourth-order valence-electron chi connectivity index (χ4n) is 1.59. The highest BCUT2D eigenvalue weighted by Crippen LogP contribution is 2.28. The Hall–Kier alpha value is -1.07. The Labute approximate surface area is 96.6 Å². The molecule has 0 amide bonds. The maximum Gasteiger partial charge on any atom is 0.123 e. The van der Waals surface area contributed by atoms with Crippen LogP contribution in [0.1, 0.15) is 5.69 Å². The number of nitrogens with two attached hydrogens (primary N) is 1. The summed E-state index contributed by atoms with van der Waals surface area (Å²) in [5.41, 5.74) is 8.63. The van der Waals surface area contributed by atoms with Crippen LogP contribution in [0.15, 0.2) is 22.8 Å². The fraction of sp³-hybridized carbons (Fsp3) is 0.300. The first-order valence-electron chi connectivity index (χ1n) is 4.79. The van der Waals surface area contributed by atoms with Crippen molar-refractivity contribution >= 4 is 15.9 Å². The van der Waals surface area contributed by atoms with Crippen molar-refractivity contribution in [3.05, 3.63) is 28.5 Å². The fourth-order valence-corrected chi connectivity index (χ4v) is 2.34. The normalized spacial score (nSPS) is 10.9. The number of aromatic amines is 1. The van der Waals surface area contributed by atoms with Gasteiger partial charge in [-0.3, -0.25) is 4.68 Å². The number of hydrogen-bond acceptors (Lipinski definition) is 2. The molecule has 0 aliphatic heterocycles. The number of aromatic nitrogens is 3. The molecule has 0 atom stereocenters. The van der Waals surface area contributed by atoms with E-state index in [1.54, 1.807) is 0 Å². The third-order valence-corrected chi connectivity index (χ3v) is 3.17. The van der Waals surface area contributed by atoms with Gasteiger partial charge in [0.1, 0.15) is 5.69 Å². The lowest BCUT2D eigenvalue weighted by Crippen LogP contribution is -2.07. The molecule has 2 rings (SSSR count). The lowest BCUT2D eigenvalue weighted by Gasteiger charge is -1.98. The third kappa shape index (κ3) is 1.85. The van der Waals surface area contributed by atoms with Crippen molar-refractivity contribution in [2.24, 2.45) is 12.8 Å². The molecule has 0 bridgehead atoms. The van der Waals surface area contributed by atoms with E-state index < -0.39 is 0 Å². The lowest BCUT2D eigenvalue weighted by atomic mass is 10.2. The molecule has 2 aromatic rings. The van der Waals surface area contributed by atoms with Crippen LogP contribution in [0.3, 0.4) is 0 Å². The van der Waals surface area contributed by atoms with Gasteiger partial charge in [-0.1, -0.05) is 0 Å². The van der Waals surface area contributed by atoms with Crippen molar-refractivity contribution in [3.63, 3.8) is 0 Å². The van der Waals surface area contributed by atoms with E-state index >= 15 is 0 Å². The Kier molecular flexibility index (Phi) is 2.93. The molecule has 0 spiro atoms. The number of halogens is 1. The molecule has 0 radical (unpaired) electrons. The van der Waals surface area contributed by atoms with E-state index in [0.717, 1.165) is 28.0 Å². The minimum absolute atomic E-state index is 0.627. The van der Waals surface area contributed by atoms with Crippen LogP contribution >= 0.6 is 15.9 Å². The number of aryl methyl sites for hydroxylation is 1. The summed E-state index contributed by atoms with van der Waals surface area (Å²) in [7, 11) is 1.93. The molecule has 0 aromatic carbocycles. The van der Waals surface area contributed by atoms with E-state index in [9.17, 15) is 0 Å². The van der Waals surface area contributed by atoms with E-state index in [0.29, 0.717) is 6.54 Å². The highest BCUT2D eigenvalue weighted by Gasteiger charge is 2.14. The summed E-state index contributed by atoms with van der Waals surface area (Å²) in [4.78, 5) is 3.14. The molecular weight excluding hydrogens is 256 g/mol. The Morgan fingerprint density at radius 2 is 2.40 bits per heavy atom. The molecule has 0 saturated heterocycles. The maximum atomic E-state index is 5.56. The molecule has 0 unspecified atom stereocenters. The van der Waals surface area contributed by atoms with Crippen molar-refractivity contribution in [1.29, 1.82) is 0 Å². The SMILES string of the molecule is Cn1nc(-c2ccc[nH]2)c(Br)c1CCN. The molecule has 2 aromatic heterocycles. The van der Waals surface area contributed by atoms with Gasteiger partial charge in [0.15, 0.2) is 0 Å². The molecule has 80 valence electrons. The first-order chi connectivity index (χ1) is 7.24. The Bertz CT molecular complexity index is 444. The van der Waals surface area contributed by atoms with Gasteiger partial charge >= 0.3 is 0 Å². The first-order valence-corrected chi connectivity index (χ1v) is 5.58. The number of nitrogens with one attached hydrogen (secondary N) is 1. The molecule has 5 heteroatoms. The minimum atomic E-state index is 0.627. The van der Waals surface area contributed by atoms with E-state index in [1.165, 1.54) is 0 Å². The van der Waals surface area contributed by atoms with Crippen LogP contribution in [0, 0.1) is 0 Å². The zero-order valence-corrected chi connectivity index (χ0v) is 10.1. The second-order valence-electron chi connectivity index (χ2n) is 3.36. The Balaban J connectivity index is 2.46. The molecule has 0 aliphatic carbocycles. The van der Waals surface area contributed by atoms with Crippen LogP contribution in [0.2, 0.25) is 0 Å². The lowest BCUT2D eigenvalue weighted by molar-refractivity contribution is 0.706. The number of nitrogens with zero attached hydrogens (tertiary/aromatic N) is 2. The molecule has 0 aliphatic rings. The summed E-state index contributed by atoms with van der Waals surface area (Å²) >= 11 is 3.57. The van der Waals surface area contributed by atoms with Gasteiger partial charge < -0.3 is 10.7 Å². The first kappa shape index (κ1) is 10.4. The summed E-state index contributed by atoms with van der Waals surface area (Å²) in [5, 5.41) is 4.45. The molecule has 2 heterocycles. The monoisotopic (exact) mass is 268 g/mol. The molecule has 4 nitrogen and oxygen atoms in total. The smallest absolute Gasteiger partial charge is 0.123 e. The second kappa shape index (κ2) is 4.20. The third-order valence-electron chi connectivity index (χ3n) is 2.34. The maximum absolute atomic E-state index is 5.56. The van der Waals surface area contributed by atoms with Crippen molar-refractivity contribution in [3.8, 4) is 11.4 Å². The van der Waals surface area contributed by atoms with Crippen LogP contribution in [-0.2, 0) is 13.5 Å². The second-order valence-corrected chi connectivity index (χ2v) is 4.15. The zero-order chi connectivity index (χ0) is 10.8. The standard InChI is InChI=1S/C10H13BrN4/c1-15-8(4-5-12)9(11)10(14-15)7-3-2-6-13-7/h2-3,6,13H,4-5,12H2,1H3. The molecule has 15 heavy (non-hydrogen) atoms. The van der Waals surface area contributed by atoms with Crippen molar-refractivity contribution < 1.29 is 0 Å². The highest BCUT2D eigenvalue weighted by atomic mass is 79.9. The van der Waals surface area contributed by atoms with Crippen LogP contribution in [-0.4, -0.2) is 21.3 Å². The topological polar surface area (TPSA) is 59.6 Å². The summed E-state index contributed by atoms with van der Waals surface area (Å²) in [6.45, 7) is 0.627. The van der Waals surface area contributed by atoms with Crippen LogP contribution in [0.5, 0.6) is 0 Å². The molecule has 3 N–H and O–H groups in total. The number of hydrogen-bond donors (Lipinski definition) is 2. The van der Waals surface area contributed by atoms with Gasteiger partial charge in [0.25, 0.3) is 0 Å². The van der Waals surface area contributed by atoms with Gasteiger partial charge in [-0.05, 0) is 34.6 Å². The van der Waals surface area contributed by atoms with Gasteiger partial charge in [0.05, 0.1) is 15.9 Å². The molecule has 0 saturated carbocycles. The number of rotatable bonds is 3. The number of H-pyrrole nitrogens is 1. The largest absolute Gasteiger partial charge is 0.360 e. The van der Waals surface area contributed by atoms with Gasteiger partial charge in [-0.25, -0.2) is 0 Å². The van der Waals surface area contributed by atoms with Crippen LogP contribution < -0.4 is 5.73 Å². The van der Waals surface area contributed by atoms with Gasteiger partial charge in [-0.15, -0.1) is 0 Å². The van der Waals surface area contributed by atoms with Crippen LogP contribution in [0.4, 0.5) is 0 Å². The summed E-state index contributed by atoms with van der Waals surface area (Å²) < 4.78 is 2.89. The minimum Gasteiger partial charge on any atom is -0.360 e. The molecular formula is C10H13BrN4. The van der Waals surface area contributed by atoms with Crippen molar-refractivity contribution in [2.75, 3.05) is 6.54 Å². The van der Waals surface area contributed by atoms with Crippen molar-refractivity contribution in [1.82, 2.24) is 14.8 Å².